The van der Waals surface area contributed by atoms with Crippen molar-refractivity contribution < 1.29 is 22.7 Å². The predicted molar refractivity (Wildman–Crippen MR) is 129 cm³/mol. The van der Waals surface area contributed by atoms with Gasteiger partial charge in [0.2, 0.25) is 0 Å². The summed E-state index contributed by atoms with van der Waals surface area (Å²) < 4.78 is 42.2. The van der Waals surface area contributed by atoms with Crippen LogP contribution >= 0.6 is 0 Å². The molecule has 0 spiro atoms. The fraction of sp³-hybridized carbons (Fsp3) is 0.222. The molecule has 1 aliphatic heterocycles. The lowest BCUT2D eigenvalue weighted by atomic mass is 9.99. The van der Waals surface area contributed by atoms with Gasteiger partial charge in [0, 0.05) is 42.4 Å². The minimum atomic E-state index is -4.88. The van der Waals surface area contributed by atoms with E-state index in [4.69, 9.17) is 0 Å². The van der Waals surface area contributed by atoms with Gasteiger partial charge in [-0.15, -0.1) is 13.2 Å². The van der Waals surface area contributed by atoms with Crippen molar-refractivity contribution in [2.24, 2.45) is 0 Å². The normalized spacial score (nSPS) is 14.0. The van der Waals surface area contributed by atoms with Crippen LogP contribution in [0.15, 0.2) is 72.9 Å². The largest absolute Gasteiger partial charge is 0.573 e. The quantitative estimate of drug-likeness (QED) is 0.361. The van der Waals surface area contributed by atoms with Crippen LogP contribution in [0.4, 0.5) is 18.9 Å². The summed E-state index contributed by atoms with van der Waals surface area (Å²) in [6.07, 6.45) is -1.03. The third-order valence-electron chi connectivity index (χ3n) is 6.29. The average molecular weight is 480 g/mol. The zero-order chi connectivity index (χ0) is 24.4. The van der Waals surface area contributed by atoms with Crippen molar-refractivity contribution in [2.45, 2.75) is 25.7 Å². The number of hydrogen-bond acceptors (Lipinski definition) is 3. The van der Waals surface area contributed by atoms with Gasteiger partial charge in [0.05, 0.1) is 5.56 Å². The zero-order valence-electron chi connectivity index (χ0n) is 18.9. The summed E-state index contributed by atoms with van der Waals surface area (Å²) >= 11 is 0. The number of nitrogens with zero attached hydrogens (tertiary/aromatic N) is 1. The number of rotatable bonds is 6. The Morgan fingerprint density at radius 1 is 1.03 bits per heavy atom. The van der Waals surface area contributed by atoms with E-state index in [1.807, 2.05) is 18.3 Å². The van der Waals surface area contributed by atoms with Gasteiger partial charge in [-0.05, 0) is 59.9 Å². The lowest BCUT2D eigenvalue weighted by molar-refractivity contribution is -0.274. The van der Waals surface area contributed by atoms with Crippen molar-refractivity contribution in [3.8, 4) is 5.75 Å². The number of aromatic nitrogens is 1. The fourth-order valence-electron chi connectivity index (χ4n) is 4.55. The number of halogens is 3. The summed E-state index contributed by atoms with van der Waals surface area (Å²) in [7, 11) is 0. The van der Waals surface area contributed by atoms with E-state index in [1.165, 1.54) is 29.3 Å². The van der Waals surface area contributed by atoms with Crippen molar-refractivity contribution in [2.75, 3.05) is 18.4 Å². The Bertz CT molecular complexity index is 1360. The molecule has 0 saturated heterocycles. The molecular formula is C27H24F3N3O2. The number of aromatic amines is 1. The highest BCUT2D eigenvalue weighted by Gasteiger charge is 2.32. The molecule has 0 atom stereocenters. The summed E-state index contributed by atoms with van der Waals surface area (Å²) in [5.41, 5.74) is 5.15. The SMILES string of the molecule is O=C(Nc1ccc2[nH]cc(CCN3CCc4ccccc4C3)c2c1)c1ccccc1OC(F)(F)F. The van der Waals surface area contributed by atoms with Crippen LogP contribution in [0.2, 0.25) is 0 Å². The van der Waals surface area contributed by atoms with Gasteiger partial charge in [0.1, 0.15) is 5.75 Å². The molecule has 4 aromatic rings. The van der Waals surface area contributed by atoms with Gasteiger partial charge < -0.3 is 15.0 Å². The van der Waals surface area contributed by atoms with Crippen LogP contribution in [-0.4, -0.2) is 35.2 Å². The first-order valence-electron chi connectivity index (χ1n) is 11.4. The molecule has 1 aliphatic rings. The van der Waals surface area contributed by atoms with Gasteiger partial charge in [-0.1, -0.05) is 36.4 Å². The van der Waals surface area contributed by atoms with Gasteiger partial charge in [-0.3, -0.25) is 9.69 Å². The van der Waals surface area contributed by atoms with Crippen LogP contribution in [0.3, 0.4) is 0 Å². The molecule has 8 heteroatoms. The van der Waals surface area contributed by atoms with Gasteiger partial charge in [0.15, 0.2) is 0 Å². The van der Waals surface area contributed by atoms with E-state index in [-0.39, 0.29) is 5.56 Å². The van der Waals surface area contributed by atoms with Crippen LogP contribution in [0.25, 0.3) is 10.9 Å². The molecule has 5 rings (SSSR count). The molecule has 0 aliphatic carbocycles. The van der Waals surface area contributed by atoms with Crippen LogP contribution in [0, 0.1) is 0 Å². The Balaban J connectivity index is 1.29. The molecule has 180 valence electrons. The highest BCUT2D eigenvalue weighted by molar-refractivity contribution is 6.07. The first-order chi connectivity index (χ1) is 16.9. The van der Waals surface area contributed by atoms with E-state index in [0.717, 1.165) is 55.0 Å². The fourth-order valence-corrected chi connectivity index (χ4v) is 4.55. The van der Waals surface area contributed by atoms with Crippen LogP contribution in [-0.2, 0) is 19.4 Å². The van der Waals surface area contributed by atoms with Crippen molar-refractivity contribution in [3.05, 3.63) is 95.2 Å². The number of carbonyl (C=O) groups is 1. The highest BCUT2D eigenvalue weighted by atomic mass is 19.4. The smallest absolute Gasteiger partial charge is 0.405 e. The Hall–Kier alpha value is -3.78. The molecule has 3 aromatic carbocycles. The molecule has 0 saturated carbocycles. The number of fused-ring (bicyclic) bond motifs is 2. The van der Waals surface area contributed by atoms with Crippen LogP contribution in [0.5, 0.6) is 5.75 Å². The Morgan fingerprint density at radius 2 is 1.80 bits per heavy atom. The van der Waals surface area contributed by atoms with Gasteiger partial charge >= 0.3 is 6.36 Å². The topological polar surface area (TPSA) is 57.4 Å². The van der Waals surface area contributed by atoms with E-state index in [0.29, 0.717) is 5.69 Å². The standard InChI is InChI=1S/C27H24F3N3O2/c28-27(29,30)35-25-8-4-3-7-22(25)26(34)32-21-9-10-24-23(15-21)19(16-31-24)12-14-33-13-11-18-5-1-2-6-20(18)17-33/h1-10,15-16,31H,11-14,17H2,(H,32,34). The molecule has 0 fully saturated rings. The van der Waals surface area contributed by atoms with Gasteiger partial charge in [-0.25, -0.2) is 0 Å². The number of nitrogens with one attached hydrogen (secondary N) is 2. The molecule has 0 radical (unpaired) electrons. The number of amides is 1. The van der Waals surface area contributed by atoms with Gasteiger partial charge in [-0.2, -0.15) is 0 Å². The number of carbonyl (C=O) groups excluding carboxylic acids is 1. The molecular weight excluding hydrogens is 455 g/mol. The van der Waals surface area contributed by atoms with Crippen molar-refractivity contribution >= 4 is 22.5 Å². The van der Waals surface area contributed by atoms with E-state index in [9.17, 15) is 18.0 Å². The number of ether oxygens (including phenoxy) is 1. The van der Waals surface area contributed by atoms with E-state index in [1.54, 1.807) is 6.07 Å². The monoisotopic (exact) mass is 479 g/mol. The molecule has 1 aromatic heterocycles. The lowest BCUT2D eigenvalue weighted by Gasteiger charge is -2.28. The Morgan fingerprint density at radius 3 is 2.63 bits per heavy atom. The molecule has 0 unspecified atom stereocenters. The first-order valence-corrected chi connectivity index (χ1v) is 11.4. The summed E-state index contributed by atoms with van der Waals surface area (Å²) in [6, 6.07) is 19.2. The summed E-state index contributed by atoms with van der Waals surface area (Å²) in [5, 5.41) is 3.67. The minimum Gasteiger partial charge on any atom is -0.405 e. The van der Waals surface area contributed by atoms with E-state index >= 15 is 0 Å². The predicted octanol–water partition coefficient (Wildman–Crippen LogP) is 5.92. The molecule has 1 amide bonds. The average Bonchev–Trinajstić information content (AvgIpc) is 3.24. The second-order valence-electron chi connectivity index (χ2n) is 8.62. The number of H-pyrrole nitrogens is 1. The highest BCUT2D eigenvalue weighted by Crippen LogP contribution is 2.28. The maximum atomic E-state index is 12.7. The summed E-state index contributed by atoms with van der Waals surface area (Å²) in [6.45, 7) is 2.85. The van der Waals surface area contributed by atoms with Crippen molar-refractivity contribution in [1.29, 1.82) is 0 Å². The van der Waals surface area contributed by atoms with Crippen molar-refractivity contribution in [1.82, 2.24) is 9.88 Å². The Labute approximate surface area is 200 Å². The maximum Gasteiger partial charge on any atom is 0.573 e. The zero-order valence-corrected chi connectivity index (χ0v) is 18.9. The Kier molecular flexibility index (Phi) is 6.21. The molecule has 0 bridgehead atoms. The van der Waals surface area contributed by atoms with Crippen molar-refractivity contribution in [3.63, 3.8) is 0 Å². The van der Waals surface area contributed by atoms with Crippen LogP contribution < -0.4 is 10.1 Å². The molecule has 5 nitrogen and oxygen atoms in total. The van der Waals surface area contributed by atoms with E-state index in [2.05, 4.69) is 44.2 Å². The number of benzene rings is 3. The number of para-hydroxylation sites is 1. The number of alkyl halides is 3. The van der Waals surface area contributed by atoms with E-state index < -0.39 is 18.0 Å². The second kappa shape index (κ2) is 9.46. The second-order valence-corrected chi connectivity index (χ2v) is 8.62. The number of hydrogen-bond donors (Lipinski definition) is 2. The van der Waals surface area contributed by atoms with Crippen LogP contribution in [0.1, 0.15) is 27.0 Å². The lowest BCUT2D eigenvalue weighted by Crippen LogP contribution is -2.32. The van der Waals surface area contributed by atoms with Gasteiger partial charge in [0.25, 0.3) is 5.91 Å². The molecule has 2 heterocycles. The minimum absolute atomic E-state index is 0.190. The third kappa shape index (κ3) is 5.33. The summed E-state index contributed by atoms with van der Waals surface area (Å²) in [5.74, 6) is -1.21. The third-order valence-corrected chi connectivity index (χ3v) is 6.29. The summed E-state index contributed by atoms with van der Waals surface area (Å²) in [4.78, 5) is 18.4. The molecule has 35 heavy (non-hydrogen) atoms. The maximum absolute atomic E-state index is 12.7. The first kappa shape index (κ1) is 23.0. The number of anilines is 1. The molecule has 2 N–H and O–H groups in total.